The highest BCUT2D eigenvalue weighted by atomic mass is 16.4. The molecule has 6 heteroatoms. The van der Waals surface area contributed by atoms with Crippen LogP contribution in [-0.2, 0) is 0 Å². The summed E-state index contributed by atoms with van der Waals surface area (Å²) in [5, 5.41) is 11.9. The third kappa shape index (κ3) is 3.89. The van der Waals surface area contributed by atoms with Crippen molar-refractivity contribution in [1.29, 1.82) is 0 Å². The lowest BCUT2D eigenvalue weighted by Gasteiger charge is -2.23. The van der Waals surface area contributed by atoms with E-state index in [1.54, 1.807) is 6.20 Å². The molecule has 0 radical (unpaired) electrons. The zero-order valence-electron chi connectivity index (χ0n) is 11.2. The first-order valence-corrected chi connectivity index (χ1v) is 6.66. The zero-order chi connectivity index (χ0) is 13.7. The quantitative estimate of drug-likeness (QED) is 0.810. The summed E-state index contributed by atoms with van der Waals surface area (Å²) in [5.74, 6) is -0.543. The highest BCUT2D eigenvalue weighted by Crippen LogP contribution is 2.21. The fourth-order valence-corrected chi connectivity index (χ4v) is 2.44. The number of aromatic carboxylic acids is 1. The summed E-state index contributed by atoms with van der Waals surface area (Å²) < 4.78 is 0. The van der Waals surface area contributed by atoms with E-state index in [4.69, 9.17) is 5.11 Å². The lowest BCUT2D eigenvalue weighted by Crippen LogP contribution is -2.33. The maximum atomic E-state index is 10.8. The van der Waals surface area contributed by atoms with E-state index in [-0.39, 0.29) is 5.69 Å². The molecule has 104 valence electrons. The number of likely N-dealkylation sites (N-methyl/N-ethyl adjacent to an activating group) is 1. The first kappa shape index (κ1) is 13.7. The van der Waals surface area contributed by atoms with Crippen molar-refractivity contribution in [3.63, 3.8) is 0 Å². The van der Waals surface area contributed by atoms with Gasteiger partial charge in [-0.3, -0.25) is 4.98 Å². The van der Waals surface area contributed by atoms with Crippen molar-refractivity contribution in [3.8, 4) is 0 Å². The molecule has 1 heterocycles. The molecule has 1 aliphatic carbocycles. The molecule has 0 bridgehead atoms. The molecule has 0 aliphatic heterocycles. The van der Waals surface area contributed by atoms with Crippen LogP contribution in [0.2, 0.25) is 0 Å². The topological polar surface area (TPSA) is 78.4 Å². The van der Waals surface area contributed by atoms with E-state index < -0.39 is 5.97 Å². The van der Waals surface area contributed by atoms with Crippen LogP contribution in [0.5, 0.6) is 0 Å². The molecule has 1 aromatic rings. The number of anilines is 1. The van der Waals surface area contributed by atoms with Gasteiger partial charge in [-0.25, -0.2) is 9.78 Å². The Morgan fingerprint density at radius 1 is 1.47 bits per heavy atom. The molecule has 0 spiro atoms. The van der Waals surface area contributed by atoms with E-state index in [9.17, 15) is 4.79 Å². The fraction of sp³-hybridized carbons (Fsp3) is 0.615. The van der Waals surface area contributed by atoms with Gasteiger partial charge in [-0.05, 0) is 19.9 Å². The summed E-state index contributed by atoms with van der Waals surface area (Å²) in [6.07, 6.45) is 8.01. The molecule has 0 aromatic carbocycles. The maximum Gasteiger partial charge on any atom is 0.356 e. The number of carboxylic acids is 1. The third-order valence-corrected chi connectivity index (χ3v) is 3.57. The monoisotopic (exact) mass is 264 g/mol. The largest absolute Gasteiger partial charge is 0.476 e. The molecule has 6 nitrogen and oxygen atoms in total. The summed E-state index contributed by atoms with van der Waals surface area (Å²) in [7, 11) is 2.14. The molecule has 0 amide bonds. The van der Waals surface area contributed by atoms with Crippen molar-refractivity contribution < 1.29 is 9.90 Å². The number of carbonyl (C=O) groups is 1. The second-order valence-corrected chi connectivity index (χ2v) is 4.94. The van der Waals surface area contributed by atoms with Gasteiger partial charge in [0.2, 0.25) is 0 Å². The van der Waals surface area contributed by atoms with E-state index in [0.29, 0.717) is 11.9 Å². The summed E-state index contributed by atoms with van der Waals surface area (Å²) >= 11 is 0. The van der Waals surface area contributed by atoms with Gasteiger partial charge in [0.15, 0.2) is 5.69 Å². The normalized spacial score (nSPS) is 15.9. The van der Waals surface area contributed by atoms with Crippen LogP contribution in [0.3, 0.4) is 0 Å². The number of nitrogens with zero attached hydrogens (tertiary/aromatic N) is 3. The molecular weight excluding hydrogens is 244 g/mol. The fourth-order valence-electron chi connectivity index (χ4n) is 2.44. The van der Waals surface area contributed by atoms with Crippen LogP contribution in [0.15, 0.2) is 12.4 Å². The van der Waals surface area contributed by atoms with E-state index in [0.717, 1.165) is 13.1 Å². The Labute approximate surface area is 112 Å². The average molecular weight is 264 g/mol. The predicted octanol–water partition coefficient (Wildman–Crippen LogP) is 1.46. The predicted molar refractivity (Wildman–Crippen MR) is 72.4 cm³/mol. The van der Waals surface area contributed by atoms with Crippen molar-refractivity contribution in [2.45, 2.75) is 31.7 Å². The Bertz CT molecular complexity index is 432. The molecule has 0 atom stereocenters. The minimum Gasteiger partial charge on any atom is -0.476 e. The minimum absolute atomic E-state index is 0.0332. The molecule has 19 heavy (non-hydrogen) atoms. The average Bonchev–Trinajstić information content (AvgIpc) is 2.93. The van der Waals surface area contributed by atoms with Crippen LogP contribution in [0.1, 0.15) is 36.2 Å². The van der Waals surface area contributed by atoms with E-state index in [2.05, 4.69) is 27.2 Å². The Balaban J connectivity index is 1.78. The number of hydrogen-bond acceptors (Lipinski definition) is 5. The summed E-state index contributed by atoms with van der Waals surface area (Å²) in [6.45, 7) is 1.66. The van der Waals surface area contributed by atoms with Gasteiger partial charge in [0.25, 0.3) is 0 Å². The molecule has 2 N–H and O–H groups in total. The van der Waals surface area contributed by atoms with Gasteiger partial charge in [-0.15, -0.1) is 0 Å². The Morgan fingerprint density at radius 3 is 2.89 bits per heavy atom. The number of hydrogen-bond donors (Lipinski definition) is 2. The van der Waals surface area contributed by atoms with E-state index in [1.807, 2.05) is 0 Å². The van der Waals surface area contributed by atoms with Gasteiger partial charge in [-0.1, -0.05) is 12.8 Å². The highest BCUT2D eigenvalue weighted by Gasteiger charge is 2.18. The third-order valence-electron chi connectivity index (χ3n) is 3.57. The van der Waals surface area contributed by atoms with Crippen molar-refractivity contribution in [1.82, 2.24) is 14.9 Å². The van der Waals surface area contributed by atoms with E-state index >= 15 is 0 Å². The number of nitrogens with one attached hydrogen (secondary N) is 1. The molecule has 1 aliphatic rings. The number of aromatic nitrogens is 2. The van der Waals surface area contributed by atoms with Gasteiger partial charge in [-0.2, -0.15) is 0 Å². The van der Waals surface area contributed by atoms with Crippen molar-refractivity contribution in [3.05, 3.63) is 18.1 Å². The SMILES string of the molecule is CN(CCNc1cncc(C(=O)O)n1)C1CCCC1. The zero-order valence-corrected chi connectivity index (χ0v) is 11.2. The van der Waals surface area contributed by atoms with Gasteiger partial charge in [0.1, 0.15) is 5.82 Å². The minimum atomic E-state index is -1.06. The Morgan fingerprint density at radius 2 is 2.21 bits per heavy atom. The molecule has 2 rings (SSSR count). The molecule has 1 aromatic heterocycles. The standard InChI is InChI=1S/C13H20N4O2/c1-17(10-4-2-3-5-10)7-6-15-12-9-14-8-11(16-12)13(18)19/h8-10H,2-7H2,1H3,(H,15,16)(H,18,19). The summed E-state index contributed by atoms with van der Waals surface area (Å²) in [4.78, 5) is 21.0. The van der Waals surface area contributed by atoms with Gasteiger partial charge >= 0.3 is 5.97 Å². The van der Waals surface area contributed by atoms with Crippen LogP contribution in [0.25, 0.3) is 0 Å². The van der Waals surface area contributed by atoms with Crippen LogP contribution >= 0.6 is 0 Å². The molecule has 0 unspecified atom stereocenters. The molecule has 1 saturated carbocycles. The first-order valence-electron chi connectivity index (χ1n) is 6.66. The lowest BCUT2D eigenvalue weighted by molar-refractivity contribution is 0.0690. The molecular formula is C13H20N4O2. The van der Waals surface area contributed by atoms with Crippen molar-refractivity contribution in [2.24, 2.45) is 0 Å². The lowest BCUT2D eigenvalue weighted by atomic mass is 10.2. The van der Waals surface area contributed by atoms with Crippen LogP contribution in [-0.4, -0.2) is 52.1 Å². The number of carboxylic acid groups (broad SMARTS) is 1. The van der Waals surface area contributed by atoms with Gasteiger partial charge in [0.05, 0.1) is 12.4 Å². The van der Waals surface area contributed by atoms with Crippen molar-refractivity contribution in [2.75, 3.05) is 25.5 Å². The Hall–Kier alpha value is -1.69. The van der Waals surface area contributed by atoms with Crippen molar-refractivity contribution >= 4 is 11.8 Å². The molecule has 1 fully saturated rings. The van der Waals surface area contributed by atoms with Crippen LogP contribution in [0, 0.1) is 0 Å². The van der Waals surface area contributed by atoms with E-state index in [1.165, 1.54) is 31.9 Å². The summed E-state index contributed by atoms with van der Waals surface area (Å²) in [6, 6.07) is 0.693. The smallest absolute Gasteiger partial charge is 0.356 e. The van der Waals surface area contributed by atoms with Crippen LogP contribution < -0.4 is 5.32 Å². The highest BCUT2D eigenvalue weighted by molar-refractivity contribution is 5.85. The second-order valence-electron chi connectivity index (χ2n) is 4.94. The first-order chi connectivity index (χ1) is 9.16. The number of rotatable bonds is 6. The van der Waals surface area contributed by atoms with Gasteiger partial charge in [0, 0.05) is 19.1 Å². The van der Waals surface area contributed by atoms with Gasteiger partial charge < -0.3 is 15.3 Å². The molecule has 0 saturated heterocycles. The summed E-state index contributed by atoms with van der Waals surface area (Å²) in [5.41, 5.74) is -0.0332. The maximum absolute atomic E-state index is 10.8. The van der Waals surface area contributed by atoms with Crippen LogP contribution in [0.4, 0.5) is 5.82 Å². The second kappa shape index (κ2) is 6.47. The Kier molecular flexibility index (Phi) is 4.68.